The van der Waals surface area contributed by atoms with Crippen LogP contribution in [-0.2, 0) is 6.54 Å². The van der Waals surface area contributed by atoms with Crippen molar-refractivity contribution in [2.24, 2.45) is 0 Å². The zero-order valence-electron chi connectivity index (χ0n) is 16.8. The molecule has 148 valence electrons. The van der Waals surface area contributed by atoms with Crippen molar-refractivity contribution in [1.82, 2.24) is 24.8 Å². The molecule has 0 saturated heterocycles. The van der Waals surface area contributed by atoms with Gasteiger partial charge in [0, 0.05) is 31.4 Å². The minimum absolute atomic E-state index is 0.0704. The molecule has 0 spiro atoms. The van der Waals surface area contributed by atoms with Gasteiger partial charge < -0.3 is 9.42 Å². The summed E-state index contributed by atoms with van der Waals surface area (Å²) in [6.45, 7) is 7.94. The lowest BCUT2D eigenvalue weighted by Crippen LogP contribution is -2.30. The van der Waals surface area contributed by atoms with Crippen molar-refractivity contribution in [3.63, 3.8) is 0 Å². The van der Waals surface area contributed by atoms with E-state index in [1.165, 1.54) is 0 Å². The maximum Gasteiger partial charge on any atom is 0.259 e. The molecular formula is C22H23N5O2. The van der Waals surface area contributed by atoms with Gasteiger partial charge in [0.25, 0.3) is 11.6 Å². The number of carbonyl (C=O) groups is 1. The van der Waals surface area contributed by atoms with Crippen molar-refractivity contribution in [3.8, 4) is 22.6 Å². The second-order valence-electron chi connectivity index (χ2n) is 6.67. The number of pyridine rings is 1. The van der Waals surface area contributed by atoms with Crippen LogP contribution in [0.15, 0.2) is 53.2 Å². The predicted octanol–water partition coefficient (Wildman–Crippen LogP) is 4.26. The Morgan fingerprint density at radius 2 is 1.83 bits per heavy atom. The molecule has 0 fully saturated rings. The van der Waals surface area contributed by atoms with E-state index in [0.29, 0.717) is 46.8 Å². The van der Waals surface area contributed by atoms with E-state index in [9.17, 15) is 4.79 Å². The predicted molar refractivity (Wildman–Crippen MR) is 111 cm³/mol. The Kier molecular flexibility index (Phi) is 5.12. The fourth-order valence-corrected chi connectivity index (χ4v) is 3.40. The van der Waals surface area contributed by atoms with E-state index < -0.39 is 0 Å². The minimum Gasteiger partial charge on any atom is -0.339 e. The van der Waals surface area contributed by atoms with E-state index in [1.54, 1.807) is 11.0 Å². The van der Waals surface area contributed by atoms with Crippen molar-refractivity contribution in [1.29, 1.82) is 0 Å². The Balaban J connectivity index is 1.95. The molecule has 7 nitrogen and oxygen atoms in total. The lowest BCUT2D eigenvalue weighted by Gasteiger charge is -2.19. The van der Waals surface area contributed by atoms with E-state index in [0.717, 1.165) is 12.1 Å². The van der Waals surface area contributed by atoms with Crippen LogP contribution in [-0.4, -0.2) is 43.8 Å². The zero-order chi connectivity index (χ0) is 20.4. The van der Waals surface area contributed by atoms with Crippen LogP contribution in [0.25, 0.3) is 33.7 Å². The number of benzene rings is 1. The first-order chi connectivity index (χ1) is 14.2. The standard InChI is InChI=1S/C22H23N5O2/c1-4-26(5-2)22(28)16-14-18(17-12-13-27(6-3)24-17)23-21-19(16)20(25-29-21)15-10-8-7-9-11-15/h7-14H,4-6H2,1-3H3. The number of aromatic nitrogens is 4. The van der Waals surface area contributed by atoms with Gasteiger partial charge in [-0.05, 0) is 32.9 Å². The molecule has 1 amide bonds. The highest BCUT2D eigenvalue weighted by Gasteiger charge is 2.24. The summed E-state index contributed by atoms with van der Waals surface area (Å²) in [5, 5.41) is 9.40. The highest BCUT2D eigenvalue weighted by atomic mass is 16.5. The smallest absolute Gasteiger partial charge is 0.259 e. The summed E-state index contributed by atoms with van der Waals surface area (Å²) in [7, 11) is 0. The van der Waals surface area contributed by atoms with Gasteiger partial charge >= 0.3 is 0 Å². The molecular weight excluding hydrogens is 366 g/mol. The number of rotatable bonds is 6. The topological polar surface area (TPSA) is 77.0 Å². The zero-order valence-corrected chi connectivity index (χ0v) is 16.8. The molecule has 0 aliphatic heterocycles. The fourth-order valence-electron chi connectivity index (χ4n) is 3.40. The summed E-state index contributed by atoms with van der Waals surface area (Å²) in [6.07, 6.45) is 1.89. The summed E-state index contributed by atoms with van der Waals surface area (Å²) in [6, 6.07) is 13.4. The number of hydrogen-bond acceptors (Lipinski definition) is 5. The molecule has 0 N–H and O–H groups in total. The molecule has 29 heavy (non-hydrogen) atoms. The molecule has 4 aromatic rings. The Labute approximate surface area is 168 Å². The van der Waals surface area contributed by atoms with E-state index in [2.05, 4.69) is 15.2 Å². The first kappa shape index (κ1) is 18.9. The molecule has 0 atom stereocenters. The van der Waals surface area contributed by atoms with Crippen molar-refractivity contribution < 1.29 is 9.32 Å². The van der Waals surface area contributed by atoms with Crippen molar-refractivity contribution in [2.45, 2.75) is 27.3 Å². The average Bonchev–Trinajstić information content (AvgIpc) is 3.41. The van der Waals surface area contributed by atoms with Crippen LogP contribution in [0, 0.1) is 0 Å². The third-order valence-corrected chi connectivity index (χ3v) is 5.00. The van der Waals surface area contributed by atoms with Gasteiger partial charge in [0.15, 0.2) is 0 Å². The minimum atomic E-state index is -0.0704. The van der Waals surface area contributed by atoms with Gasteiger partial charge in [-0.2, -0.15) is 5.10 Å². The average molecular weight is 389 g/mol. The molecule has 0 unspecified atom stereocenters. The first-order valence-corrected chi connectivity index (χ1v) is 9.85. The van der Waals surface area contributed by atoms with Gasteiger partial charge in [0.2, 0.25) is 0 Å². The van der Waals surface area contributed by atoms with Gasteiger partial charge in [0.05, 0.1) is 16.6 Å². The molecule has 0 aliphatic rings. The summed E-state index contributed by atoms with van der Waals surface area (Å²) in [5.41, 5.74) is 3.65. The largest absolute Gasteiger partial charge is 0.339 e. The molecule has 1 aromatic carbocycles. The Morgan fingerprint density at radius 3 is 2.48 bits per heavy atom. The second kappa shape index (κ2) is 7.87. The number of aryl methyl sites for hydroxylation is 1. The lowest BCUT2D eigenvalue weighted by molar-refractivity contribution is 0.0775. The van der Waals surface area contributed by atoms with Crippen LogP contribution in [0.5, 0.6) is 0 Å². The highest BCUT2D eigenvalue weighted by molar-refractivity contribution is 6.10. The van der Waals surface area contributed by atoms with E-state index in [1.807, 2.05) is 68.0 Å². The summed E-state index contributed by atoms with van der Waals surface area (Å²) < 4.78 is 7.39. The van der Waals surface area contributed by atoms with Gasteiger partial charge in [-0.25, -0.2) is 4.98 Å². The van der Waals surface area contributed by atoms with E-state index in [4.69, 9.17) is 4.52 Å². The summed E-state index contributed by atoms with van der Waals surface area (Å²) >= 11 is 0. The van der Waals surface area contributed by atoms with Crippen molar-refractivity contribution in [3.05, 3.63) is 54.2 Å². The van der Waals surface area contributed by atoms with E-state index >= 15 is 0 Å². The van der Waals surface area contributed by atoms with Crippen LogP contribution in [0.3, 0.4) is 0 Å². The molecule has 7 heteroatoms. The van der Waals surface area contributed by atoms with Crippen molar-refractivity contribution >= 4 is 17.0 Å². The molecule has 0 aliphatic carbocycles. The van der Waals surface area contributed by atoms with Gasteiger partial charge in [-0.15, -0.1) is 0 Å². The quantitative estimate of drug-likeness (QED) is 0.492. The normalized spacial score (nSPS) is 11.1. The summed E-state index contributed by atoms with van der Waals surface area (Å²) in [4.78, 5) is 19.8. The Morgan fingerprint density at radius 1 is 1.07 bits per heavy atom. The highest BCUT2D eigenvalue weighted by Crippen LogP contribution is 2.33. The van der Waals surface area contributed by atoms with E-state index in [-0.39, 0.29) is 5.91 Å². The van der Waals surface area contributed by atoms with Crippen LogP contribution in [0.1, 0.15) is 31.1 Å². The molecule has 0 radical (unpaired) electrons. The number of carbonyl (C=O) groups excluding carboxylic acids is 1. The monoisotopic (exact) mass is 389 g/mol. The number of amides is 1. The second-order valence-corrected chi connectivity index (χ2v) is 6.67. The Hall–Kier alpha value is -3.48. The fraction of sp³-hybridized carbons (Fsp3) is 0.273. The van der Waals surface area contributed by atoms with Gasteiger partial charge in [-0.1, -0.05) is 35.5 Å². The summed E-state index contributed by atoms with van der Waals surface area (Å²) in [5.74, 6) is -0.0704. The lowest BCUT2D eigenvalue weighted by atomic mass is 10.0. The first-order valence-electron chi connectivity index (χ1n) is 9.85. The van der Waals surface area contributed by atoms with Crippen LogP contribution in [0.2, 0.25) is 0 Å². The number of fused-ring (bicyclic) bond motifs is 1. The van der Waals surface area contributed by atoms with Crippen molar-refractivity contribution in [2.75, 3.05) is 13.1 Å². The third-order valence-electron chi connectivity index (χ3n) is 5.00. The molecule has 4 rings (SSSR count). The SMILES string of the molecule is CCN(CC)C(=O)c1cc(-c2ccn(CC)n2)nc2onc(-c3ccccc3)c12. The molecule has 3 aromatic heterocycles. The third kappa shape index (κ3) is 3.40. The Bertz CT molecular complexity index is 1140. The van der Waals surface area contributed by atoms with Crippen LogP contribution < -0.4 is 0 Å². The van der Waals surface area contributed by atoms with Gasteiger partial charge in [0.1, 0.15) is 11.4 Å². The number of hydrogen-bond donors (Lipinski definition) is 0. The maximum absolute atomic E-state index is 13.4. The molecule has 0 bridgehead atoms. The number of nitrogens with zero attached hydrogens (tertiary/aromatic N) is 5. The van der Waals surface area contributed by atoms with Crippen LogP contribution >= 0.6 is 0 Å². The molecule has 3 heterocycles. The van der Waals surface area contributed by atoms with Gasteiger partial charge in [-0.3, -0.25) is 9.48 Å². The maximum atomic E-state index is 13.4. The van der Waals surface area contributed by atoms with Crippen LogP contribution in [0.4, 0.5) is 0 Å². The molecule has 0 saturated carbocycles.